The molecule has 3 aliphatic rings. The summed E-state index contributed by atoms with van der Waals surface area (Å²) in [6.07, 6.45) is 5.15. The van der Waals surface area contributed by atoms with E-state index in [4.69, 9.17) is 9.47 Å². The lowest BCUT2D eigenvalue weighted by Crippen LogP contribution is -2.42. The van der Waals surface area contributed by atoms with Gasteiger partial charge in [0, 0.05) is 25.2 Å². The second-order valence-electron chi connectivity index (χ2n) is 8.16. The molecule has 1 saturated heterocycles. The number of nitrogens with zero attached hydrogens (tertiary/aromatic N) is 2. The smallest absolute Gasteiger partial charge is 0.242 e. The minimum atomic E-state index is 0.125. The Morgan fingerprint density at radius 3 is 2.76 bits per heavy atom. The van der Waals surface area contributed by atoms with Gasteiger partial charge in [0.1, 0.15) is 0 Å². The van der Waals surface area contributed by atoms with E-state index in [0.29, 0.717) is 19.8 Å². The number of hydrogen-bond donors (Lipinski definition) is 0. The molecule has 0 aromatic heterocycles. The van der Waals surface area contributed by atoms with E-state index in [1.807, 2.05) is 6.07 Å². The van der Waals surface area contributed by atoms with Crippen molar-refractivity contribution in [3.63, 3.8) is 0 Å². The van der Waals surface area contributed by atoms with Crippen molar-refractivity contribution in [3.05, 3.63) is 53.6 Å². The Labute approximate surface area is 172 Å². The first kappa shape index (κ1) is 18.3. The summed E-state index contributed by atoms with van der Waals surface area (Å²) in [4.78, 5) is 17.6. The normalized spacial score (nSPS) is 20.9. The number of likely N-dealkylation sites (tertiary alicyclic amines) is 1. The standard InChI is InChI=1S/C24H28N2O3/c27-24(17-25-12-3-7-18-6-1-2-8-20(18)25)26-13-4-9-21(26)19-10-11-22-23(16-19)29-15-5-14-28-22/h1-2,6,8,10-11,16,21H,3-5,7,9,12-15,17H2/t21-/m1/s1. The molecular formula is C24H28N2O3. The van der Waals surface area contributed by atoms with Gasteiger partial charge in [-0.05, 0) is 55.0 Å². The third kappa shape index (κ3) is 3.66. The second-order valence-corrected chi connectivity index (χ2v) is 8.16. The minimum absolute atomic E-state index is 0.125. The monoisotopic (exact) mass is 392 g/mol. The number of hydrogen-bond acceptors (Lipinski definition) is 4. The van der Waals surface area contributed by atoms with Crippen LogP contribution in [-0.4, -0.2) is 43.7 Å². The Morgan fingerprint density at radius 1 is 0.966 bits per heavy atom. The van der Waals surface area contributed by atoms with Gasteiger partial charge >= 0.3 is 0 Å². The zero-order valence-electron chi connectivity index (χ0n) is 16.8. The lowest BCUT2D eigenvalue weighted by molar-refractivity contribution is -0.130. The van der Waals surface area contributed by atoms with E-state index in [2.05, 4.69) is 46.2 Å². The third-order valence-electron chi connectivity index (χ3n) is 6.26. The molecule has 5 nitrogen and oxygen atoms in total. The zero-order valence-corrected chi connectivity index (χ0v) is 16.8. The van der Waals surface area contributed by atoms with Crippen molar-refractivity contribution >= 4 is 11.6 Å². The van der Waals surface area contributed by atoms with Crippen LogP contribution in [0.1, 0.15) is 42.9 Å². The van der Waals surface area contributed by atoms with Gasteiger partial charge in [-0.15, -0.1) is 0 Å². The number of anilines is 1. The zero-order chi connectivity index (χ0) is 19.6. The molecule has 29 heavy (non-hydrogen) atoms. The average Bonchev–Trinajstić information content (AvgIpc) is 3.13. The van der Waals surface area contributed by atoms with Crippen molar-refractivity contribution in [2.75, 3.05) is 37.7 Å². The molecule has 152 valence electrons. The molecule has 5 heteroatoms. The largest absolute Gasteiger partial charge is 0.490 e. The van der Waals surface area contributed by atoms with Crippen molar-refractivity contribution in [3.8, 4) is 11.5 Å². The fourth-order valence-electron chi connectivity index (χ4n) is 4.83. The van der Waals surface area contributed by atoms with Gasteiger partial charge in [0.2, 0.25) is 5.91 Å². The quantitative estimate of drug-likeness (QED) is 0.793. The number of fused-ring (bicyclic) bond motifs is 2. The fraction of sp³-hybridized carbons (Fsp3) is 0.458. The molecule has 1 fully saturated rings. The first-order valence-corrected chi connectivity index (χ1v) is 10.8. The topological polar surface area (TPSA) is 42.0 Å². The highest BCUT2D eigenvalue weighted by atomic mass is 16.5. The predicted octanol–water partition coefficient (Wildman–Crippen LogP) is 3.96. The van der Waals surface area contributed by atoms with Crippen molar-refractivity contribution in [1.29, 1.82) is 0 Å². The number of carbonyl (C=O) groups excluding carboxylic acids is 1. The molecule has 0 saturated carbocycles. The van der Waals surface area contributed by atoms with Gasteiger partial charge in [0.15, 0.2) is 11.5 Å². The van der Waals surface area contributed by atoms with Crippen LogP contribution in [0.5, 0.6) is 11.5 Å². The fourth-order valence-corrected chi connectivity index (χ4v) is 4.83. The lowest BCUT2D eigenvalue weighted by Gasteiger charge is -2.33. The average molecular weight is 392 g/mol. The van der Waals surface area contributed by atoms with Crippen LogP contribution in [0.2, 0.25) is 0 Å². The third-order valence-corrected chi connectivity index (χ3v) is 6.26. The molecule has 2 aromatic carbocycles. The van der Waals surface area contributed by atoms with Crippen LogP contribution >= 0.6 is 0 Å². The Bertz CT molecular complexity index is 897. The van der Waals surface area contributed by atoms with E-state index in [1.165, 1.54) is 11.3 Å². The van der Waals surface area contributed by atoms with Crippen molar-refractivity contribution in [1.82, 2.24) is 4.90 Å². The molecule has 5 rings (SSSR count). The Hall–Kier alpha value is -2.69. The van der Waals surface area contributed by atoms with E-state index in [-0.39, 0.29) is 11.9 Å². The highest BCUT2D eigenvalue weighted by Gasteiger charge is 2.32. The molecule has 0 radical (unpaired) electrons. The van der Waals surface area contributed by atoms with Crippen molar-refractivity contribution in [2.45, 2.75) is 38.1 Å². The Morgan fingerprint density at radius 2 is 1.83 bits per heavy atom. The molecule has 0 N–H and O–H groups in total. The van der Waals surface area contributed by atoms with Crippen LogP contribution in [0.4, 0.5) is 5.69 Å². The van der Waals surface area contributed by atoms with Gasteiger partial charge in [-0.25, -0.2) is 0 Å². The van der Waals surface area contributed by atoms with Gasteiger partial charge in [-0.1, -0.05) is 24.3 Å². The summed E-state index contributed by atoms with van der Waals surface area (Å²) in [6, 6.07) is 14.8. The summed E-state index contributed by atoms with van der Waals surface area (Å²) in [5.74, 6) is 1.84. The SMILES string of the molecule is O=C(CN1CCCc2ccccc21)N1CCC[C@@H]1c1ccc2c(c1)OCCCO2. The number of carbonyl (C=O) groups is 1. The van der Waals surface area contributed by atoms with Crippen LogP contribution in [-0.2, 0) is 11.2 Å². The summed E-state index contributed by atoms with van der Waals surface area (Å²) in [6.45, 7) is 3.60. The summed E-state index contributed by atoms with van der Waals surface area (Å²) in [5.41, 5.74) is 3.73. The van der Waals surface area contributed by atoms with Gasteiger partial charge in [-0.3, -0.25) is 4.79 Å². The van der Waals surface area contributed by atoms with Gasteiger partial charge < -0.3 is 19.3 Å². The lowest BCUT2D eigenvalue weighted by atomic mass is 10.0. The highest BCUT2D eigenvalue weighted by molar-refractivity contribution is 5.82. The second kappa shape index (κ2) is 7.97. The van der Waals surface area contributed by atoms with E-state index in [1.54, 1.807) is 0 Å². The van der Waals surface area contributed by atoms with Crippen LogP contribution in [0, 0.1) is 0 Å². The Balaban J connectivity index is 1.34. The molecule has 0 aliphatic carbocycles. The van der Waals surface area contributed by atoms with Crippen molar-refractivity contribution < 1.29 is 14.3 Å². The van der Waals surface area contributed by atoms with E-state index in [0.717, 1.165) is 62.3 Å². The van der Waals surface area contributed by atoms with Gasteiger partial charge in [-0.2, -0.15) is 0 Å². The minimum Gasteiger partial charge on any atom is -0.490 e. The molecule has 0 spiro atoms. The van der Waals surface area contributed by atoms with E-state index in [9.17, 15) is 4.79 Å². The van der Waals surface area contributed by atoms with Crippen molar-refractivity contribution in [2.24, 2.45) is 0 Å². The van der Waals surface area contributed by atoms with E-state index >= 15 is 0 Å². The number of ether oxygens (including phenoxy) is 2. The molecule has 3 heterocycles. The molecule has 1 atom stereocenters. The van der Waals surface area contributed by atoms with Crippen LogP contribution in [0.25, 0.3) is 0 Å². The van der Waals surface area contributed by atoms with Gasteiger partial charge in [0.25, 0.3) is 0 Å². The van der Waals surface area contributed by atoms with Crippen LogP contribution < -0.4 is 14.4 Å². The van der Waals surface area contributed by atoms with Gasteiger partial charge in [0.05, 0.1) is 25.8 Å². The number of amides is 1. The molecule has 2 aromatic rings. The summed E-state index contributed by atoms with van der Waals surface area (Å²) < 4.78 is 11.6. The maximum atomic E-state index is 13.3. The number of para-hydroxylation sites is 1. The maximum Gasteiger partial charge on any atom is 0.242 e. The number of rotatable bonds is 3. The molecular weight excluding hydrogens is 364 g/mol. The first-order chi connectivity index (χ1) is 14.3. The van der Waals surface area contributed by atoms with E-state index < -0.39 is 0 Å². The highest BCUT2D eigenvalue weighted by Crippen LogP contribution is 2.38. The molecule has 1 amide bonds. The number of aryl methyl sites for hydroxylation is 1. The summed E-state index contributed by atoms with van der Waals surface area (Å²) in [5, 5.41) is 0. The summed E-state index contributed by atoms with van der Waals surface area (Å²) in [7, 11) is 0. The first-order valence-electron chi connectivity index (χ1n) is 10.8. The van der Waals surface area contributed by atoms with Crippen LogP contribution in [0.3, 0.4) is 0 Å². The Kier molecular flexibility index (Phi) is 5.04. The molecule has 3 aliphatic heterocycles. The summed E-state index contributed by atoms with van der Waals surface area (Å²) >= 11 is 0. The predicted molar refractivity (Wildman–Crippen MR) is 113 cm³/mol. The van der Waals surface area contributed by atoms with Crippen LogP contribution in [0.15, 0.2) is 42.5 Å². The number of benzene rings is 2. The molecule has 0 bridgehead atoms. The maximum absolute atomic E-state index is 13.3. The molecule has 0 unspecified atom stereocenters.